The first-order chi connectivity index (χ1) is 15.0. The van der Waals surface area contributed by atoms with Gasteiger partial charge in [0.2, 0.25) is 0 Å². The van der Waals surface area contributed by atoms with Gasteiger partial charge in [-0.25, -0.2) is 9.98 Å². The number of rotatable bonds is 5. The molecule has 0 bridgehead atoms. The molecule has 1 aliphatic rings. The van der Waals surface area contributed by atoms with E-state index in [1.54, 1.807) is 25.4 Å². The Kier molecular flexibility index (Phi) is 6.39. The van der Waals surface area contributed by atoms with Crippen molar-refractivity contribution >= 4 is 46.2 Å². The normalized spacial score (nSPS) is 16.4. The molecule has 7 heteroatoms. The van der Waals surface area contributed by atoms with Crippen LogP contribution >= 0.6 is 23.4 Å². The SMILES string of the molecule is Cc1ccc(COc2ccccc2/C=C2\SC(=Nc3cccnc3Cl)N(C)C2=O)cc1. The zero-order valence-electron chi connectivity index (χ0n) is 17.1. The number of aliphatic imine (C=N–C) groups is 1. The number of likely N-dealkylation sites (N-methyl/N-ethyl adjacent to an activating group) is 1. The Balaban J connectivity index is 1.56. The van der Waals surface area contributed by atoms with Gasteiger partial charge in [-0.3, -0.25) is 9.69 Å². The van der Waals surface area contributed by atoms with E-state index < -0.39 is 0 Å². The number of carbonyl (C=O) groups is 1. The molecule has 2 aromatic carbocycles. The molecule has 0 spiro atoms. The van der Waals surface area contributed by atoms with Crippen LogP contribution in [0.1, 0.15) is 16.7 Å². The molecule has 5 nitrogen and oxygen atoms in total. The molecule has 0 unspecified atom stereocenters. The van der Waals surface area contributed by atoms with Crippen molar-refractivity contribution in [2.45, 2.75) is 13.5 Å². The summed E-state index contributed by atoms with van der Waals surface area (Å²) in [6.45, 7) is 2.51. The molecule has 1 saturated heterocycles. The van der Waals surface area contributed by atoms with Gasteiger partial charge in [-0.1, -0.05) is 59.6 Å². The van der Waals surface area contributed by atoms with Crippen molar-refractivity contribution in [3.63, 3.8) is 0 Å². The van der Waals surface area contributed by atoms with Gasteiger partial charge in [-0.05, 0) is 48.5 Å². The zero-order valence-corrected chi connectivity index (χ0v) is 18.7. The van der Waals surface area contributed by atoms with Crippen molar-refractivity contribution in [2.75, 3.05) is 7.05 Å². The molecule has 0 radical (unpaired) electrons. The van der Waals surface area contributed by atoms with Crippen LogP contribution in [0.25, 0.3) is 6.08 Å². The summed E-state index contributed by atoms with van der Waals surface area (Å²) in [5.74, 6) is 0.587. The second-order valence-electron chi connectivity index (χ2n) is 6.99. The first-order valence-corrected chi connectivity index (χ1v) is 10.8. The number of aryl methyl sites for hydroxylation is 1. The Morgan fingerprint density at radius 3 is 2.68 bits per heavy atom. The molecule has 0 aliphatic carbocycles. The highest BCUT2D eigenvalue weighted by atomic mass is 35.5. The molecule has 2 heterocycles. The predicted molar refractivity (Wildman–Crippen MR) is 127 cm³/mol. The van der Waals surface area contributed by atoms with E-state index in [2.05, 4.69) is 29.0 Å². The quantitative estimate of drug-likeness (QED) is 0.362. The predicted octanol–water partition coefficient (Wildman–Crippen LogP) is 5.86. The molecule has 3 aromatic rings. The van der Waals surface area contributed by atoms with E-state index in [-0.39, 0.29) is 5.91 Å². The van der Waals surface area contributed by atoms with Crippen molar-refractivity contribution in [1.82, 2.24) is 9.88 Å². The van der Waals surface area contributed by atoms with Crippen molar-refractivity contribution in [3.05, 3.63) is 93.6 Å². The summed E-state index contributed by atoms with van der Waals surface area (Å²) in [7, 11) is 1.69. The zero-order chi connectivity index (χ0) is 21.8. The van der Waals surface area contributed by atoms with Crippen molar-refractivity contribution in [1.29, 1.82) is 0 Å². The molecule has 31 heavy (non-hydrogen) atoms. The van der Waals surface area contributed by atoms with Gasteiger partial charge >= 0.3 is 0 Å². The summed E-state index contributed by atoms with van der Waals surface area (Å²) >= 11 is 7.40. The summed E-state index contributed by atoms with van der Waals surface area (Å²) < 4.78 is 6.04. The maximum Gasteiger partial charge on any atom is 0.266 e. The van der Waals surface area contributed by atoms with Crippen LogP contribution in [-0.2, 0) is 11.4 Å². The van der Waals surface area contributed by atoms with Crippen LogP contribution in [-0.4, -0.2) is 28.0 Å². The molecular weight excluding hydrogens is 430 g/mol. The Morgan fingerprint density at radius 2 is 1.90 bits per heavy atom. The number of para-hydroxylation sites is 1. The molecule has 1 amide bonds. The summed E-state index contributed by atoms with van der Waals surface area (Å²) in [5, 5.41) is 0.841. The molecule has 4 rings (SSSR count). The largest absolute Gasteiger partial charge is 0.488 e. The number of pyridine rings is 1. The molecule has 0 N–H and O–H groups in total. The fraction of sp³-hybridized carbons (Fsp3) is 0.125. The van der Waals surface area contributed by atoms with Crippen LogP contribution in [0.15, 0.2) is 76.8 Å². The average molecular weight is 450 g/mol. The topological polar surface area (TPSA) is 54.8 Å². The second kappa shape index (κ2) is 9.37. The number of amidine groups is 1. The minimum absolute atomic E-state index is 0.128. The summed E-state index contributed by atoms with van der Waals surface area (Å²) in [6, 6.07) is 19.4. The number of halogens is 1. The molecule has 1 aromatic heterocycles. The minimum atomic E-state index is -0.128. The fourth-order valence-electron chi connectivity index (χ4n) is 2.93. The number of benzene rings is 2. The van der Waals surface area contributed by atoms with Gasteiger partial charge in [0, 0.05) is 18.8 Å². The lowest BCUT2D eigenvalue weighted by Crippen LogP contribution is -2.23. The highest BCUT2D eigenvalue weighted by molar-refractivity contribution is 8.18. The van der Waals surface area contributed by atoms with E-state index in [1.807, 2.05) is 42.5 Å². The van der Waals surface area contributed by atoms with Crippen molar-refractivity contribution < 1.29 is 9.53 Å². The second-order valence-corrected chi connectivity index (χ2v) is 8.36. The molecule has 0 saturated carbocycles. The Morgan fingerprint density at radius 1 is 1.13 bits per heavy atom. The lowest BCUT2D eigenvalue weighted by Gasteiger charge is -2.10. The maximum atomic E-state index is 12.8. The minimum Gasteiger partial charge on any atom is -0.488 e. The molecule has 1 aliphatic heterocycles. The van der Waals surface area contributed by atoms with Crippen LogP contribution in [0, 0.1) is 6.92 Å². The average Bonchev–Trinajstić information content (AvgIpc) is 3.03. The summed E-state index contributed by atoms with van der Waals surface area (Å²) in [6.07, 6.45) is 3.43. The standard InChI is InChI=1S/C24H20ClN3O2S/c1-16-9-11-17(12-10-16)15-30-20-8-4-3-6-18(20)14-21-23(29)28(2)24(31-21)27-19-7-5-13-26-22(19)25/h3-14H,15H2,1-2H3/b21-14-,27-24?. The lowest BCUT2D eigenvalue weighted by molar-refractivity contribution is -0.121. The van der Waals surface area contributed by atoms with Gasteiger partial charge < -0.3 is 4.74 Å². The van der Waals surface area contributed by atoms with Crippen molar-refractivity contribution in [3.8, 4) is 5.75 Å². The monoisotopic (exact) mass is 449 g/mol. The Labute approximate surface area is 190 Å². The van der Waals surface area contributed by atoms with Gasteiger partial charge in [-0.15, -0.1) is 0 Å². The fourth-order valence-corrected chi connectivity index (χ4v) is 4.07. The number of hydrogen-bond donors (Lipinski definition) is 0. The van der Waals surface area contributed by atoms with Crippen LogP contribution < -0.4 is 4.74 Å². The highest BCUT2D eigenvalue weighted by Gasteiger charge is 2.30. The number of amides is 1. The third-order valence-electron chi connectivity index (χ3n) is 4.68. The number of thioether (sulfide) groups is 1. The number of hydrogen-bond acceptors (Lipinski definition) is 5. The first kappa shape index (κ1) is 21.2. The lowest BCUT2D eigenvalue weighted by atomic mass is 10.1. The third-order valence-corrected chi connectivity index (χ3v) is 6.03. The van der Waals surface area contributed by atoms with Gasteiger partial charge in [-0.2, -0.15) is 0 Å². The number of aromatic nitrogens is 1. The van der Waals surface area contributed by atoms with Gasteiger partial charge in [0.1, 0.15) is 18.0 Å². The van der Waals surface area contributed by atoms with Crippen LogP contribution in [0.2, 0.25) is 5.15 Å². The number of ether oxygens (including phenoxy) is 1. The van der Waals surface area contributed by atoms with Crippen LogP contribution in [0.3, 0.4) is 0 Å². The smallest absolute Gasteiger partial charge is 0.266 e. The summed E-state index contributed by atoms with van der Waals surface area (Å²) in [4.78, 5) is 23.4. The Bertz CT molecular complexity index is 1180. The molecule has 156 valence electrons. The van der Waals surface area contributed by atoms with E-state index >= 15 is 0 Å². The van der Waals surface area contributed by atoms with Crippen LogP contribution in [0.5, 0.6) is 5.75 Å². The summed E-state index contributed by atoms with van der Waals surface area (Å²) in [5.41, 5.74) is 3.65. The first-order valence-electron chi connectivity index (χ1n) is 9.65. The molecular formula is C24H20ClN3O2S. The van der Waals surface area contributed by atoms with E-state index in [0.29, 0.717) is 33.3 Å². The molecule has 1 fully saturated rings. The van der Waals surface area contributed by atoms with Crippen LogP contribution in [0.4, 0.5) is 5.69 Å². The van der Waals surface area contributed by atoms with Crippen molar-refractivity contribution in [2.24, 2.45) is 4.99 Å². The number of nitrogens with zero attached hydrogens (tertiary/aromatic N) is 3. The van der Waals surface area contributed by atoms with E-state index in [9.17, 15) is 4.79 Å². The third kappa shape index (κ3) is 4.98. The maximum absolute atomic E-state index is 12.8. The van der Waals surface area contributed by atoms with E-state index in [4.69, 9.17) is 16.3 Å². The van der Waals surface area contributed by atoms with Gasteiger partial charge in [0.25, 0.3) is 5.91 Å². The van der Waals surface area contributed by atoms with Gasteiger partial charge in [0.05, 0.1) is 4.91 Å². The molecule has 0 atom stereocenters. The number of carbonyl (C=O) groups excluding carboxylic acids is 1. The Hall–Kier alpha value is -3.09. The van der Waals surface area contributed by atoms with Gasteiger partial charge in [0.15, 0.2) is 10.3 Å². The van der Waals surface area contributed by atoms with E-state index in [0.717, 1.165) is 11.1 Å². The van der Waals surface area contributed by atoms with E-state index in [1.165, 1.54) is 22.2 Å². The highest BCUT2D eigenvalue weighted by Crippen LogP contribution is 2.35.